The van der Waals surface area contributed by atoms with Crippen LogP contribution in [0.5, 0.6) is 0 Å². The van der Waals surface area contributed by atoms with E-state index in [4.69, 9.17) is 5.73 Å². The molecule has 4 nitrogen and oxygen atoms in total. The topological polar surface area (TPSA) is 66.7 Å². The molecule has 14 heavy (non-hydrogen) atoms. The molecule has 4 heteroatoms. The van der Waals surface area contributed by atoms with Gasteiger partial charge in [0.2, 0.25) is 0 Å². The zero-order valence-electron chi connectivity index (χ0n) is 7.91. The fourth-order valence-electron chi connectivity index (χ4n) is 1.20. The fraction of sp³-hybridized carbons (Fsp3) is 0.100. The van der Waals surface area contributed by atoms with E-state index in [1.807, 2.05) is 37.3 Å². The van der Waals surface area contributed by atoms with Gasteiger partial charge in [-0.1, -0.05) is 0 Å². The van der Waals surface area contributed by atoms with Gasteiger partial charge in [-0.25, -0.2) is 0 Å². The van der Waals surface area contributed by atoms with Crippen LogP contribution in [0.1, 0.15) is 5.69 Å². The second-order valence-electron chi connectivity index (χ2n) is 3.18. The van der Waals surface area contributed by atoms with E-state index >= 15 is 0 Å². The Hall–Kier alpha value is -1.97. The van der Waals surface area contributed by atoms with Gasteiger partial charge in [-0.2, -0.15) is 5.10 Å². The van der Waals surface area contributed by atoms with E-state index in [9.17, 15) is 0 Å². The van der Waals surface area contributed by atoms with Gasteiger partial charge < -0.3 is 11.1 Å². The number of nitrogen functional groups attached to an aromatic ring is 1. The van der Waals surface area contributed by atoms with E-state index in [1.165, 1.54) is 0 Å². The summed E-state index contributed by atoms with van der Waals surface area (Å²) in [4.78, 5) is 0. The number of nitrogens with one attached hydrogen (secondary N) is 2. The fourth-order valence-corrected chi connectivity index (χ4v) is 1.20. The van der Waals surface area contributed by atoms with Crippen molar-refractivity contribution < 1.29 is 0 Å². The first-order valence-electron chi connectivity index (χ1n) is 4.38. The Morgan fingerprint density at radius 1 is 1.29 bits per heavy atom. The summed E-state index contributed by atoms with van der Waals surface area (Å²) in [6, 6.07) is 9.47. The van der Waals surface area contributed by atoms with Crippen molar-refractivity contribution >= 4 is 17.2 Å². The summed E-state index contributed by atoms with van der Waals surface area (Å²) in [7, 11) is 0. The van der Waals surface area contributed by atoms with E-state index < -0.39 is 0 Å². The van der Waals surface area contributed by atoms with Crippen molar-refractivity contribution in [2.75, 3.05) is 11.1 Å². The number of H-pyrrole nitrogens is 1. The lowest BCUT2D eigenvalue weighted by atomic mass is 10.3. The van der Waals surface area contributed by atoms with Gasteiger partial charge in [0.15, 0.2) is 5.82 Å². The largest absolute Gasteiger partial charge is 0.399 e. The maximum absolute atomic E-state index is 5.57. The highest BCUT2D eigenvalue weighted by Gasteiger charge is 1.97. The Morgan fingerprint density at radius 3 is 2.57 bits per heavy atom. The smallest absolute Gasteiger partial charge is 0.152 e. The Bertz CT molecular complexity index is 416. The van der Waals surface area contributed by atoms with Gasteiger partial charge in [-0.3, -0.25) is 5.10 Å². The Labute approximate surface area is 82.1 Å². The van der Waals surface area contributed by atoms with Gasteiger partial charge in [0.05, 0.1) is 0 Å². The van der Waals surface area contributed by atoms with Crippen LogP contribution in [0.2, 0.25) is 0 Å². The number of hydrogen-bond donors (Lipinski definition) is 3. The number of aromatic nitrogens is 2. The maximum atomic E-state index is 5.57. The number of nitrogens with zero attached hydrogens (tertiary/aromatic N) is 1. The maximum Gasteiger partial charge on any atom is 0.152 e. The van der Waals surface area contributed by atoms with Gasteiger partial charge in [0, 0.05) is 23.1 Å². The molecule has 4 N–H and O–H groups in total. The summed E-state index contributed by atoms with van der Waals surface area (Å²) < 4.78 is 0. The third kappa shape index (κ3) is 1.85. The van der Waals surface area contributed by atoms with E-state index in [0.29, 0.717) is 0 Å². The monoisotopic (exact) mass is 188 g/mol. The van der Waals surface area contributed by atoms with Crippen molar-refractivity contribution in [2.24, 2.45) is 0 Å². The summed E-state index contributed by atoms with van der Waals surface area (Å²) in [6.07, 6.45) is 0. The number of benzene rings is 1. The van der Waals surface area contributed by atoms with Gasteiger partial charge >= 0.3 is 0 Å². The van der Waals surface area contributed by atoms with Crippen LogP contribution in [0.4, 0.5) is 17.2 Å². The van der Waals surface area contributed by atoms with Crippen LogP contribution in [0.15, 0.2) is 30.3 Å². The molecule has 0 aliphatic carbocycles. The van der Waals surface area contributed by atoms with Crippen molar-refractivity contribution in [3.8, 4) is 0 Å². The molecular formula is C10H12N4. The van der Waals surface area contributed by atoms with Crippen LogP contribution in [-0.4, -0.2) is 10.2 Å². The van der Waals surface area contributed by atoms with Crippen molar-refractivity contribution in [3.05, 3.63) is 36.0 Å². The summed E-state index contributed by atoms with van der Waals surface area (Å²) in [5, 5.41) is 10.1. The average Bonchev–Trinajstić information content (AvgIpc) is 2.56. The standard InChI is InChI=1S/C10H12N4/c1-7-6-10(14-13-7)12-9-4-2-8(11)3-5-9/h2-6H,11H2,1H3,(H2,12,13,14). The van der Waals surface area contributed by atoms with Crippen LogP contribution in [-0.2, 0) is 0 Å². The van der Waals surface area contributed by atoms with Crippen molar-refractivity contribution in [1.82, 2.24) is 10.2 Å². The summed E-state index contributed by atoms with van der Waals surface area (Å²) >= 11 is 0. The Kier molecular flexibility index (Phi) is 2.10. The van der Waals surface area contributed by atoms with Gasteiger partial charge in [-0.05, 0) is 31.2 Å². The number of anilines is 3. The first kappa shape index (κ1) is 8.62. The molecule has 0 saturated carbocycles. The van der Waals surface area contributed by atoms with Crippen LogP contribution < -0.4 is 11.1 Å². The Balaban J connectivity index is 2.15. The predicted molar refractivity (Wildman–Crippen MR) is 57.5 cm³/mol. The predicted octanol–water partition coefficient (Wildman–Crippen LogP) is 2.04. The number of nitrogens with two attached hydrogens (primary N) is 1. The van der Waals surface area contributed by atoms with Gasteiger partial charge in [0.1, 0.15) is 0 Å². The molecule has 0 amide bonds. The second-order valence-corrected chi connectivity index (χ2v) is 3.18. The molecule has 0 atom stereocenters. The first-order chi connectivity index (χ1) is 6.74. The van der Waals surface area contributed by atoms with Crippen molar-refractivity contribution in [1.29, 1.82) is 0 Å². The molecule has 0 saturated heterocycles. The molecule has 0 spiro atoms. The molecule has 0 radical (unpaired) electrons. The molecule has 2 aromatic rings. The van der Waals surface area contributed by atoms with Crippen molar-refractivity contribution in [2.45, 2.75) is 6.92 Å². The van der Waals surface area contributed by atoms with Gasteiger partial charge in [-0.15, -0.1) is 0 Å². The second kappa shape index (κ2) is 3.41. The molecule has 1 heterocycles. The molecule has 0 aliphatic heterocycles. The van der Waals surface area contributed by atoms with Crippen LogP contribution >= 0.6 is 0 Å². The number of hydrogen-bond acceptors (Lipinski definition) is 3. The van der Waals surface area contributed by atoms with Crippen LogP contribution in [0.25, 0.3) is 0 Å². The number of aromatic amines is 1. The molecule has 1 aromatic heterocycles. The highest BCUT2D eigenvalue weighted by molar-refractivity contribution is 5.59. The van der Waals surface area contributed by atoms with Gasteiger partial charge in [0.25, 0.3) is 0 Å². The molecule has 2 rings (SSSR count). The SMILES string of the molecule is Cc1cc(Nc2ccc(N)cc2)n[nH]1. The minimum Gasteiger partial charge on any atom is -0.399 e. The van der Waals surface area contributed by atoms with E-state index in [1.54, 1.807) is 0 Å². The quantitative estimate of drug-likeness (QED) is 0.632. The lowest BCUT2D eigenvalue weighted by molar-refractivity contribution is 1.05. The third-order valence-electron chi connectivity index (χ3n) is 1.89. The normalized spacial score (nSPS) is 10.1. The summed E-state index contributed by atoms with van der Waals surface area (Å²) in [5.74, 6) is 0.812. The molecule has 72 valence electrons. The summed E-state index contributed by atoms with van der Waals surface area (Å²) in [6.45, 7) is 1.96. The molecule has 0 unspecified atom stereocenters. The minimum absolute atomic E-state index is 0.758. The van der Waals surface area contributed by atoms with E-state index in [0.717, 1.165) is 22.9 Å². The molecule has 0 fully saturated rings. The molecular weight excluding hydrogens is 176 g/mol. The summed E-state index contributed by atoms with van der Waals surface area (Å²) in [5.41, 5.74) is 8.34. The number of aryl methyl sites for hydroxylation is 1. The highest BCUT2D eigenvalue weighted by atomic mass is 15.2. The van der Waals surface area contributed by atoms with Crippen LogP contribution in [0.3, 0.4) is 0 Å². The molecule has 0 aliphatic rings. The highest BCUT2D eigenvalue weighted by Crippen LogP contribution is 2.15. The van der Waals surface area contributed by atoms with E-state index in [-0.39, 0.29) is 0 Å². The minimum atomic E-state index is 0.758. The zero-order chi connectivity index (χ0) is 9.97. The Morgan fingerprint density at radius 2 is 2.00 bits per heavy atom. The number of rotatable bonds is 2. The average molecular weight is 188 g/mol. The lowest BCUT2D eigenvalue weighted by Gasteiger charge is -2.01. The van der Waals surface area contributed by atoms with E-state index in [2.05, 4.69) is 15.5 Å². The van der Waals surface area contributed by atoms with Crippen LogP contribution in [0, 0.1) is 6.92 Å². The molecule has 0 bridgehead atoms. The third-order valence-corrected chi connectivity index (χ3v) is 1.89. The molecule has 1 aromatic carbocycles. The lowest BCUT2D eigenvalue weighted by Crippen LogP contribution is -1.91. The van der Waals surface area contributed by atoms with Crippen molar-refractivity contribution in [3.63, 3.8) is 0 Å². The zero-order valence-corrected chi connectivity index (χ0v) is 7.91. The first-order valence-corrected chi connectivity index (χ1v) is 4.38.